The number of amides is 1. The highest BCUT2D eigenvalue weighted by Gasteiger charge is 2.41. The van der Waals surface area contributed by atoms with Crippen LogP contribution < -0.4 is 19.7 Å². The summed E-state index contributed by atoms with van der Waals surface area (Å²) in [4.78, 5) is 17.3. The Hall–Kier alpha value is -3.52. The van der Waals surface area contributed by atoms with Crippen molar-refractivity contribution >= 4 is 11.6 Å². The van der Waals surface area contributed by atoms with Crippen molar-refractivity contribution in [1.82, 2.24) is 20.0 Å². The summed E-state index contributed by atoms with van der Waals surface area (Å²) in [6.45, 7) is 2.76. The predicted molar refractivity (Wildman–Crippen MR) is 146 cm³/mol. The Bertz CT molecular complexity index is 1250. The molecule has 0 aliphatic carbocycles. The van der Waals surface area contributed by atoms with E-state index in [0.29, 0.717) is 41.5 Å². The molecule has 4 atom stereocenters. The Morgan fingerprint density at radius 2 is 1.84 bits per heavy atom. The van der Waals surface area contributed by atoms with Crippen molar-refractivity contribution in [2.45, 2.75) is 24.8 Å². The van der Waals surface area contributed by atoms with Crippen molar-refractivity contribution in [2.75, 3.05) is 52.8 Å². The number of anilines is 1. The monoisotopic (exact) mass is 503 g/mol. The first kappa shape index (κ1) is 25.1. The average Bonchev–Trinajstić information content (AvgIpc) is 3.32. The highest BCUT2D eigenvalue weighted by Crippen LogP contribution is 2.42. The van der Waals surface area contributed by atoms with Crippen LogP contribution in [0.3, 0.4) is 0 Å². The molecule has 1 amide bonds. The SMILES string of the molecule is COc1ccc(-c2cc(C3CN4CCC3CC4CNC(=O)c3ccc(N(C)C)cc3)n(C)n2)cc1OC. The van der Waals surface area contributed by atoms with Gasteiger partial charge in [0.05, 0.1) is 19.9 Å². The van der Waals surface area contributed by atoms with Gasteiger partial charge in [-0.3, -0.25) is 14.4 Å². The molecule has 4 unspecified atom stereocenters. The lowest BCUT2D eigenvalue weighted by molar-refractivity contribution is 0.0280. The number of nitrogens with zero attached hydrogens (tertiary/aromatic N) is 4. The van der Waals surface area contributed by atoms with Crippen LogP contribution in [-0.4, -0.2) is 74.6 Å². The molecule has 3 fully saturated rings. The first-order valence-electron chi connectivity index (χ1n) is 12.9. The molecular weight excluding hydrogens is 466 g/mol. The lowest BCUT2D eigenvalue weighted by Gasteiger charge is -2.50. The largest absolute Gasteiger partial charge is 0.493 e. The number of aromatic nitrogens is 2. The Kier molecular flexibility index (Phi) is 7.11. The molecule has 3 aliphatic heterocycles. The lowest BCUT2D eigenvalue weighted by atomic mass is 9.74. The van der Waals surface area contributed by atoms with Crippen LogP contribution in [0.15, 0.2) is 48.5 Å². The van der Waals surface area contributed by atoms with E-state index in [1.165, 1.54) is 12.1 Å². The van der Waals surface area contributed by atoms with Gasteiger partial charge in [-0.1, -0.05) is 0 Å². The topological polar surface area (TPSA) is 71.9 Å². The molecule has 2 aromatic carbocycles. The molecule has 37 heavy (non-hydrogen) atoms. The van der Waals surface area contributed by atoms with Gasteiger partial charge in [-0.15, -0.1) is 0 Å². The van der Waals surface area contributed by atoms with Crippen molar-refractivity contribution in [3.63, 3.8) is 0 Å². The second-order valence-corrected chi connectivity index (χ2v) is 10.3. The zero-order chi connectivity index (χ0) is 26.1. The first-order valence-corrected chi connectivity index (χ1v) is 12.9. The zero-order valence-corrected chi connectivity index (χ0v) is 22.4. The van der Waals surface area contributed by atoms with E-state index in [2.05, 4.69) is 16.3 Å². The minimum absolute atomic E-state index is 0.00398. The Balaban J connectivity index is 1.24. The maximum Gasteiger partial charge on any atom is 0.251 e. The molecule has 196 valence electrons. The molecule has 0 saturated carbocycles. The van der Waals surface area contributed by atoms with Gasteiger partial charge in [0.1, 0.15) is 0 Å². The van der Waals surface area contributed by atoms with E-state index < -0.39 is 0 Å². The first-order chi connectivity index (χ1) is 17.9. The quantitative estimate of drug-likeness (QED) is 0.505. The number of aryl methyl sites for hydroxylation is 1. The van der Waals surface area contributed by atoms with Gasteiger partial charge in [-0.25, -0.2) is 0 Å². The van der Waals surface area contributed by atoms with Gasteiger partial charge in [-0.05, 0) is 73.8 Å². The van der Waals surface area contributed by atoms with Gasteiger partial charge in [-0.2, -0.15) is 5.10 Å². The van der Waals surface area contributed by atoms with Crippen molar-refractivity contribution in [3.05, 3.63) is 59.8 Å². The summed E-state index contributed by atoms with van der Waals surface area (Å²) in [5, 5.41) is 8.02. The van der Waals surface area contributed by atoms with Gasteiger partial charge in [0.15, 0.2) is 11.5 Å². The van der Waals surface area contributed by atoms with E-state index in [9.17, 15) is 4.79 Å². The summed E-state index contributed by atoms with van der Waals surface area (Å²) >= 11 is 0. The maximum atomic E-state index is 12.8. The molecule has 1 N–H and O–H groups in total. The number of methoxy groups -OCH3 is 2. The van der Waals surface area contributed by atoms with Crippen LogP contribution in [0.1, 0.15) is 34.8 Å². The van der Waals surface area contributed by atoms with Crippen molar-refractivity contribution < 1.29 is 14.3 Å². The number of benzene rings is 2. The molecule has 1 aromatic heterocycles. The highest BCUT2D eigenvalue weighted by molar-refractivity contribution is 5.94. The molecule has 8 heteroatoms. The third-order valence-corrected chi connectivity index (χ3v) is 8.00. The molecule has 3 aliphatic rings. The zero-order valence-electron chi connectivity index (χ0n) is 22.4. The molecule has 0 radical (unpaired) electrons. The minimum atomic E-state index is -0.00398. The van der Waals surface area contributed by atoms with Crippen LogP contribution in [0.25, 0.3) is 11.3 Å². The van der Waals surface area contributed by atoms with E-state index in [1.54, 1.807) is 14.2 Å². The van der Waals surface area contributed by atoms with Gasteiger partial charge in [0.25, 0.3) is 5.91 Å². The van der Waals surface area contributed by atoms with Crippen LogP contribution in [-0.2, 0) is 7.05 Å². The lowest BCUT2D eigenvalue weighted by Crippen LogP contribution is -2.56. The van der Waals surface area contributed by atoms with Crippen molar-refractivity contribution in [3.8, 4) is 22.8 Å². The van der Waals surface area contributed by atoms with Gasteiger partial charge >= 0.3 is 0 Å². The van der Waals surface area contributed by atoms with E-state index in [4.69, 9.17) is 14.6 Å². The number of carbonyl (C=O) groups excluding carboxylic acids is 1. The minimum Gasteiger partial charge on any atom is -0.493 e. The van der Waals surface area contributed by atoms with E-state index in [1.807, 2.05) is 73.2 Å². The van der Waals surface area contributed by atoms with Crippen LogP contribution >= 0.6 is 0 Å². The summed E-state index contributed by atoms with van der Waals surface area (Å²) < 4.78 is 12.9. The fourth-order valence-corrected chi connectivity index (χ4v) is 5.87. The maximum absolute atomic E-state index is 12.8. The van der Waals surface area contributed by atoms with E-state index in [0.717, 1.165) is 36.5 Å². The number of rotatable bonds is 8. The number of ether oxygens (including phenoxy) is 2. The van der Waals surface area contributed by atoms with Gasteiger partial charge < -0.3 is 19.7 Å². The summed E-state index contributed by atoms with van der Waals surface area (Å²) in [6, 6.07) is 16.3. The van der Waals surface area contributed by atoms with E-state index >= 15 is 0 Å². The van der Waals surface area contributed by atoms with Crippen LogP contribution in [0.4, 0.5) is 5.69 Å². The summed E-state index contributed by atoms with van der Waals surface area (Å²) in [5.74, 6) is 2.43. The Morgan fingerprint density at radius 3 is 2.49 bits per heavy atom. The Morgan fingerprint density at radius 1 is 1.08 bits per heavy atom. The smallest absolute Gasteiger partial charge is 0.251 e. The molecular formula is C29H37N5O3. The van der Waals surface area contributed by atoms with Crippen molar-refractivity contribution in [1.29, 1.82) is 0 Å². The molecule has 4 heterocycles. The number of nitrogens with one attached hydrogen (secondary N) is 1. The normalized spacial score (nSPS) is 22.5. The second kappa shape index (κ2) is 10.5. The Labute approximate surface area is 219 Å². The van der Waals surface area contributed by atoms with Gasteiger partial charge in [0.2, 0.25) is 0 Å². The molecule has 2 bridgehead atoms. The number of fused-ring (bicyclic) bond motifs is 3. The second-order valence-electron chi connectivity index (χ2n) is 10.3. The molecule has 8 nitrogen and oxygen atoms in total. The predicted octanol–water partition coefficient (Wildman–Crippen LogP) is 3.78. The number of piperidine rings is 3. The number of hydrogen-bond acceptors (Lipinski definition) is 6. The van der Waals surface area contributed by atoms with Crippen LogP contribution in [0.5, 0.6) is 11.5 Å². The van der Waals surface area contributed by atoms with Crippen molar-refractivity contribution in [2.24, 2.45) is 13.0 Å². The summed E-state index contributed by atoms with van der Waals surface area (Å²) in [7, 11) is 9.33. The molecule has 6 rings (SSSR count). The standard InChI is InChI=1S/C29H37N5O3/c1-32(2)22-9-6-19(7-10-22)29(35)30-17-23-14-20-12-13-34(23)18-24(20)26-16-25(31-33(26)3)21-8-11-27(36-4)28(15-21)37-5/h6-11,15-16,20,23-24H,12-14,17-18H2,1-5H3,(H,30,35). The fraction of sp³-hybridized carbons (Fsp3) is 0.448. The number of hydrogen-bond donors (Lipinski definition) is 1. The molecule has 3 aromatic rings. The fourth-order valence-electron chi connectivity index (χ4n) is 5.87. The van der Waals surface area contributed by atoms with E-state index in [-0.39, 0.29) is 5.91 Å². The third-order valence-electron chi connectivity index (χ3n) is 8.00. The summed E-state index contributed by atoms with van der Waals surface area (Å²) in [5.41, 5.74) is 5.02. The number of carbonyl (C=O) groups is 1. The van der Waals surface area contributed by atoms with Crippen LogP contribution in [0, 0.1) is 5.92 Å². The van der Waals surface area contributed by atoms with Gasteiger partial charge in [0, 0.05) is 68.7 Å². The highest BCUT2D eigenvalue weighted by atomic mass is 16.5. The van der Waals surface area contributed by atoms with Crippen LogP contribution in [0.2, 0.25) is 0 Å². The summed E-state index contributed by atoms with van der Waals surface area (Å²) in [6.07, 6.45) is 2.26. The molecule has 0 spiro atoms. The third kappa shape index (κ3) is 5.03. The average molecular weight is 504 g/mol. The molecule has 3 saturated heterocycles.